The Labute approximate surface area is 198 Å². The van der Waals surface area contributed by atoms with Gasteiger partial charge in [-0.1, -0.05) is 12.1 Å². The lowest BCUT2D eigenvalue weighted by molar-refractivity contribution is 0.0876. The average Bonchev–Trinajstić information content (AvgIpc) is 2.80. The Morgan fingerprint density at radius 2 is 1.85 bits per heavy atom. The molecule has 33 heavy (non-hydrogen) atoms. The van der Waals surface area contributed by atoms with Crippen molar-refractivity contribution < 1.29 is 9.53 Å². The van der Waals surface area contributed by atoms with Crippen LogP contribution >= 0.6 is 11.6 Å². The topological polar surface area (TPSA) is 67.7 Å². The lowest BCUT2D eigenvalue weighted by Gasteiger charge is -2.31. The second-order valence-corrected chi connectivity index (χ2v) is 8.94. The monoisotopic (exact) mass is 468 g/mol. The van der Waals surface area contributed by atoms with Crippen LogP contribution in [-0.4, -0.2) is 71.0 Å². The minimum absolute atomic E-state index is 0.00567. The van der Waals surface area contributed by atoms with Crippen LogP contribution in [0.25, 0.3) is 16.6 Å². The molecule has 0 saturated carbocycles. The summed E-state index contributed by atoms with van der Waals surface area (Å²) in [5.74, 6) is 0.955. The number of ether oxygens (including phenoxy) is 1. The number of alkyl halides is 1. The molecular weight excluding hydrogens is 440 g/mol. The van der Waals surface area contributed by atoms with Gasteiger partial charge in [0.15, 0.2) is 5.78 Å². The molecule has 0 radical (unpaired) electrons. The Hall–Kier alpha value is -2.74. The molecule has 1 aliphatic heterocycles. The number of Topliss-reactive ketones (excluding diaryl/α,β-unsaturated/α-hetero) is 1. The first kappa shape index (κ1) is 23.4. The van der Waals surface area contributed by atoms with Crippen molar-refractivity contribution in [1.82, 2.24) is 19.4 Å². The molecule has 2 aromatic carbocycles. The molecule has 0 spiro atoms. The van der Waals surface area contributed by atoms with Crippen molar-refractivity contribution in [3.63, 3.8) is 0 Å². The van der Waals surface area contributed by atoms with Crippen molar-refractivity contribution in [3.8, 4) is 11.4 Å². The second-order valence-electron chi connectivity index (χ2n) is 8.67. The summed E-state index contributed by atoms with van der Waals surface area (Å²) in [5.41, 5.74) is 1.35. The second kappa shape index (κ2) is 10.0. The van der Waals surface area contributed by atoms with Crippen LogP contribution in [0.2, 0.25) is 0 Å². The zero-order chi connectivity index (χ0) is 23.5. The van der Waals surface area contributed by atoms with Gasteiger partial charge in [0.2, 0.25) is 0 Å². The number of halogens is 1. The lowest BCUT2D eigenvalue weighted by Crippen LogP contribution is -2.46. The highest BCUT2D eigenvalue weighted by molar-refractivity contribution is 6.16. The summed E-state index contributed by atoms with van der Waals surface area (Å²) in [5, 5.41) is 0.482. The number of rotatable bonds is 7. The van der Waals surface area contributed by atoms with Crippen LogP contribution in [0.5, 0.6) is 5.75 Å². The van der Waals surface area contributed by atoms with Gasteiger partial charge in [-0.25, -0.2) is 4.98 Å². The van der Waals surface area contributed by atoms with E-state index in [1.807, 2.05) is 19.9 Å². The van der Waals surface area contributed by atoms with E-state index in [9.17, 15) is 9.59 Å². The smallest absolute Gasteiger partial charge is 0.266 e. The molecule has 3 aromatic rings. The fraction of sp³-hybridized carbons (Fsp3) is 0.400. The molecule has 1 fully saturated rings. The molecule has 7 nitrogen and oxygen atoms in total. The number of nitrogens with zero attached hydrogens (tertiary/aromatic N) is 4. The van der Waals surface area contributed by atoms with Crippen molar-refractivity contribution >= 4 is 28.3 Å². The van der Waals surface area contributed by atoms with Crippen molar-refractivity contribution in [2.24, 2.45) is 0 Å². The standard InChI is InChI=1S/C25H29ClN4O3/c1-17(2)33-23-9-8-18(22(31)16-29-12-10-28(3)11-13-29)14-21(23)30-24(15-26)27-20-7-5-4-6-19(20)25(30)32/h4-9,14,17H,10-13,15-16H2,1-3H3. The van der Waals surface area contributed by atoms with Crippen LogP contribution < -0.4 is 10.3 Å². The zero-order valence-electron chi connectivity index (χ0n) is 19.3. The van der Waals surface area contributed by atoms with Gasteiger partial charge in [-0.15, -0.1) is 11.6 Å². The van der Waals surface area contributed by atoms with Crippen LogP contribution in [0.4, 0.5) is 0 Å². The van der Waals surface area contributed by atoms with E-state index in [1.54, 1.807) is 36.4 Å². The number of fused-ring (bicyclic) bond motifs is 1. The van der Waals surface area contributed by atoms with Crippen molar-refractivity contribution in [1.29, 1.82) is 0 Å². The van der Waals surface area contributed by atoms with Gasteiger partial charge in [-0.3, -0.25) is 19.1 Å². The number of benzene rings is 2. The van der Waals surface area contributed by atoms with Gasteiger partial charge in [0.25, 0.3) is 5.56 Å². The molecule has 1 saturated heterocycles. The Balaban J connectivity index is 1.79. The van der Waals surface area contributed by atoms with Gasteiger partial charge in [-0.05, 0) is 51.2 Å². The highest BCUT2D eigenvalue weighted by atomic mass is 35.5. The molecule has 174 valence electrons. The van der Waals surface area contributed by atoms with Crippen LogP contribution in [-0.2, 0) is 5.88 Å². The summed E-state index contributed by atoms with van der Waals surface area (Å²) in [6.07, 6.45) is -0.112. The van der Waals surface area contributed by atoms with E-state index in [2.05, 4.69) is 21.8 Å². The number of hydrogen-bond donors (Lipinski definition) is 0. The number of ketones is 1. The van der Waals surface area contributed by atoms with E-state index in [1.165, 1.54) is 4.57 Å². The summed E-state index contributed by atoms with van der Waals surface area (Å²) >= 11 is 6.21. The first-order valence-electron chi connectivity index (χ1n) is 11.2. The first-order valence-corrected chi connectivity index (χ1v) is 11.7. The van der Waals surface area contributed by atoms with E-state index in [0.717, 1.165) is 26.2 Å². The molecule has 0 N–H and O–H groups in total. The molecule has 8 heteroatoms. The highest BCUT2D eigenvalue weighted by Crippen LogP contribution is 2.27. The van der Waals surface area contributed by atoms with E-state index in [0.29, 0.717) is 40.3 Å². The summed E-state index contributed by atoms with van der Waals surface area (Å²) in [4.78, 5) is 35.6. The van der Waals surface area contributed by atoms with Gasteiger partial charge in [0.1, 0.15) is 11.6 Å². The van der Waals surface area contributed by atoms with Crippen molar-refractivity contribution in [2.45, 2.75) is 25.8 Å². The molecule has 0 atom stereocenters. The summed E-state index contributed by atoms with van der Waals surface area (Å²) in [6, 6.07) is 12.4. The molecular formula is C25H29ClN4O3. The average molecular weight is 469 g/mol. The highest BCUT2D eigenvalue weighted by Gasteiger charge is 2.21. The molecule has 1 aliphatic rings. The molecule has 0 unspecified atom stereocenters. The number of likely N-dealkylation sites (N-methyl/N-ethyl adjacent to an activating group) is 1. The van der Waals surface area contributed by atoms with Gasteiger partial charge in [-0.2, -0.15) is 0 Å². The third kappa shape index (κ3) is 5.11. The van der Waals surface area contributed by atoms with E-state index in [-0.39, 0.29) is 23.3 Å². The maximum atomic E-state index is 13.5. The SMILES string of the molecule is CC(C)Oc1ccc(C(=O)CN2CCN(C)CC2)cc1-n1c(CCl)nc2ccccc2c1=O. The molecule has 4 rings (SSSR count). The number of para-hydroxylation sites is 1. The van der Waals surface area contributed by atoms with Gasteiger partial charge >= 0.3 is 0 Å². The van der Waals surface area contributed by atoms with Crippen molar-refractivity contribution in [3.05, 3.63) is 64.2 Å². The molecule has 0 aliphatic carbocycles. The molecule has 1 aromatic heterocycles. The van der Waals surface area contributed by atoms with Gasteiger partial charge < -0.3 is 9.64 Å². The van der Waals surface area contributed by atoms with Gasteiger partial charge in [0.05, 0.1) is 35.1 Å². The minimum Gasteiger partial charge on any atom is -0.489 e. The Bertz CT molecular complexity index is 1220. The fourth-order valence-corrected chi connectivity index (χ4v) is 4.22. The molecule has 2 heterocycles. The predicted molar refractivity (Wildman–Crippen MR) is 131 cm³/mol. The third-order valence-electron chi connectivity index (χ3n) is 5.81. The third-order valence-corrected chi connectivity index (χ3v) is 6.05. The summed E-state index contributed by atoms with van der Waals surface area (Å²) in [6.45, 7) is 7.77. The van der Waals surface area contributed by atoms with E-state index in [4.69, 9.17) is 16.3 Å². The summed E-state index contributed by atoms with van der Waals surface area (Å²) < 4.78 is 7.48. The number of carbonyl (C=O) groups is 1. The minimum atomic E-state index is -0.242. The van der Waals surface area contributed by atoms with Crippen LogP contribution in [0.1, 0.15) is 30.0 Å². The number of piperazine rings is 1. The maximum absolute atomic E-state index is 13.5. The number of carbonyl (C=O) groups excluding carboxylic acids is 1. The predicted octanol–water partition coefficient (Wildman–Crippen LogP) is 3.34. The van der Waals surface area contributed by atoms with Crippen LogP contribution in [0, 0.1) is 0 Å². The maximum Gasteiger partial charge on any atom is 0.266 e. The van der Waals surface area contributed by atoms with E-state index >= 15 is 0 Å². The number of aromatic nitrogens is 2. The molecule has 0 amide bonds. The Morgan fingerprint density at radius 3 is 2.55 bits per heavy atom. The Morgan fingerprint density at radius 1 is 1.12 bits per heavy atom. The van der Waals surface area contributed by atoms with Crippen molar-refractivity contribution in [2.75, 3.05) is 39.8 Å². The zero-order valence-corrected chi connectivity index (χ0v) is 20.0. The van der Waals surface area contributed by atoms with E-state index < -0.39 is 0 Å². The van der Waals surface area contributed by atoms with Crippen LogP contribution in [0.3, 0.4) is 0 Å². The normalized spacial score (nSPS) is 15.3. The first-order chi connectivity index (χ1) is 15.9. The Kier molecular flexibility index (Phi) is 7.12. The lowest BCUT2D eigenvalue weighted by atomic mass is 10.1. The largest absolute Gasteiger partial charge is 0.489 e. The van der Waals surface area contributed by atoms with Gasteiger partial charge in [0, 0.05) is 31.7 Å². The van der Waals surface area contributed by atoms with Crippen LogP contribution in [0.15, 0.2) is 47.3 Å². The number of hydrogen-bond acceptors (Lipinski definition) is 6. The fourth-order valence-electron chi connectivity index (χ4n) is 4.04. The quantitative estimate of drug-likeness (QED) is 0.391. The molecule has 0 bridgehead atoms. The summed E-state index contributed by atoms with van der Waals surface area (Å²) in [7, 11) is 2.09.